The molecular formula is C33H5F4N9. The maximum Gasteiger partial charge on any atom is 0.270 e. The zero-order chi connectivity index (χ0) is 33.4. The van der Waals surface area contributed by atoms with Gasteiger partial charge in [-0.1, -0.05) is 0 Å². The van der Waals surface area contributed by atoms with Gasteiger partial charge in [-0.05, 0) is 52.6 Å². The van der Waals surface area contributed by atoms with Gasteiger partial charge in [-0.2, -0.15) is 14.9 Å². The van der Waals surface area contributed by atoms with E-state index in [4.69, 9.17) is 31.6 Å². The van der Waals surface area contributed by atoms with E-state index in [0.29, 0.717) is 12.1 Å². The zero-order valence-corrected chi connectivity index (χ0v) is 22.4. The van der Waals surface area contributed by atoms with Crippen LogP contribution in [0.3, 0.4) is 0 Å². The van der Waals surface area contributed by atoms with Crippen LogP contribution >= 0.6 is 0 Å². The number of nitriles is 4. The molecule has 0 N–H and O–H groups in total. The number of fused-ring (bicyclic) bond motifs is 2. The molecule has 0 fully saturated rings. The van der Waals surface area contributed by atoms with Crippen molar-refractivity contribution in [2.75, 3.05) is 0 Å². The fourth-order valence-electron chi connectivity index (χ4n) is 5.30. The van der Waals surface area contributed by atoms with Gasteiger partial charge in [0, 0.05) is 33.4 Å². The van der Waals surface area contributed by atoms with E-state index < -0.39 is 96.3 Å². The Morgan fingerprint density at radius 3 is 1.83 bits per heavy atom. The van der Waals surface area contributed by atoms with E-state index in [2.05, 4.69) is 24.4 Å². The number of halogens is 4. The molecule has 2 aromatic carbocycles. The van der Waals surface area contributed by atoms with Gasteiger partial charge >= 0.3 is 0 Å². The summed E-state index contributed by atoms with van der Waals surface area (Å²) in [7, 11) is 0. The molecule has 13 heteroatoms. The monoisotopic (exact) mass is 603 g/mol. The first-order chi connectivity index (χ1) is 22.1. The highest BCUT2D eigenvalue weighted by atomic mass is 19.1. The third kappa shape index (κ3) is 4.05. The number of pyridine rings is 1. The van der Waals surface area contributed by atoms with Crippen molar-refractivity contribution in [3.63, 3.8) is 0 Å². The molecule has 0 aliphatic heterocycles. The summed E-state index contributed by atoms with van der Waals surface area (Å²) >= 11 is 0. The summed E-state index contributed by atoms with van der Waals surface area (Å²) in [4.78, 5) is 16.0. The van der Waals surface area contributed by atoms with Crippen LogP contribution in [0.4, 0.5) is 23.2 Å². The smallest absolute Gasteiger partial charge is 0.237 e. The van der Waals surface area contributed by atoms with Crippen LogP contribution < -0.4 is 0 Å². The Balaban J connectivity index is 2.01. The van der Waals surface area contributed by atoms with Gasteiger partial charge < -0.3 is 0 Å². The van der Waals surface area contributed by atoms with Crippen molar-refractivity contribution in [3.05, 3.63) is 150 Å². The van der Waals surface area contributed by atoms with Crippen LogP contribution in [0.2, 0.25) is 0 Å². The third-order valence-corrected chi connectivity index (χ3v) is 7.07. The highest BCUT2D eigenvalue weighted by Crippen LogP contribution is 2.56. The molecule has 5 rings (SSSR count). The topological polar surface area (TPSA) is 125 Å². The van der Waals surface area contributed by atoms with Crippen LogP contribution in [0.1, 0.15) is 39.1 Å². The number of hydrogen-bond acceptors (Lipinski definition) is 5. The number of nitrogens with zero attached hydrogens (tertiary/aromatic N) is 9. The fraction of sp³-hybridized carbons (Fsp3) is 0. The molecule has 0 unspecified atom stereocenters. The minimum absolute atomic E-state index is 0.334. The van der Waals surface area contributed by atoms with Crippen molar-refractivity contribution in [2.45, 2.75) is 0 Å². The largest absolute Gasteiger partial charge is 0.270 e. The minimum Gasteiger partial charge on any atom is -0.237 e. The Morgan fingerprint density at radius 1 is 0.674 bits per heavy atom. The van der Waals surface area contributed by atoms with Crippen molar-refractivity contribution >= 4 is 39.2 Å². The lowest BCUT2D eigenvalue weighted by atomic mass is 9.90. The first-order valence-electron chi connectivity index (χ1n) is 12.3. The molecule has 0 saturated carbocycles. The summed E-state index contributed by atoms with van der Waals surface area (Å²) in [6.07, 6.45) is 0. The molecule has 3 aromatic rings. The van der Waals surface area contributed by atoms with Crippen LogP contribution in [-0.4, -0.2) is 4.98 Å². The summed E-state index contributed by atoms with van der Waals surface area (Å²) in [5, 5.41) is 39.0. The maximum absolute atomic E-state index is 16.8. The minimum atomic E-state index is -1.33. The second kappa shape index (κ2) is 11.1. The summed E-state index contributed by atoms with van der Waals surface area (Å²) in [5.41, 5.74) is -8.72. The number of hydrogen-bond donors (Lipinski definition) is 0. The van der Waals surface area contributed by atoms with Gasteiger partial charge in [0.05, 0.1) is 44.0 Å². The van der Waals surface area contributed by atoms with Gasteiger partial charge in [0.1, 0.15) is 35.3 Å². The Morgan fingerprint density at radius 2 is 1.30 bits per heavy atom. The first-order valence-corrected chi connectivity index (χ1v) is 12.3. The van der Waals surface area contributed by atoms with Gasteiger partial charge in [0.25, 0.3) is 11.4 Å². The highest BCUT2D eigenvalue weighted by Gasteiger charge is 2.41. The highest BCUT2D eigenvalue weighted by molar-refractivity contribution is 6.29. The molecule has 2 aliphatic rings. The van der Waals surface area contributed by atoms with Gasteiger partial charge in [-0.3, -0.25) is 0 Å². The SMILES string of the molecule is [C-]#[N+]C1=C(c2cc(F)c([N+]#[C-])cc2F)/C(=C(/C#N)[N+]#[C-])c2cc3c(c(F)c21)C(C#N)=C(c1ccc(C#N)nc1F)/C3=C(\C#N)[N+]#[C-]. The predicted octanol–water partition coefficient (Wildman–Crippen LogP) is 7.62. The Kier molecular flexibility index (Phi) is 7.17. The lowest BCUT2D eigenvalue weighted by Gasteiger charge is -2.14. The van der Waals surface area contributed by atoms with Crippen LogP contribution in [0.5, 0.6) is 0 Å². The second-order valence-corrected chi connectivity index (χ2v) is 9.17. The van der Waals surface area contributed by atoms with E-state index in [9.17, 15) is 20.2 Å². The van der Waals surface area contributed by atoms with E-state index in [1.807, 2.05) is 0 Å². The number of benzene rings is 2. The van der Waals surface area contributed by atoms with Crippen molar-refractivity contribution in [1.29, 1.82) is 21.0 Å². The van der Waals surface area contributed by atoms with Crippen molar-refractivity contribution in [3.8, 4) is 24.3 Å². The van der Waals surface area contributed by atoms with Crippen LogP contribution in [0.15, 0.2) is 41.7 Å². The number of aromatic nitrogens is 1. The summed E-state index contributed by atoms with van der Waals surface area (Å²) < 4.78 is 62.2. The standard InChI is InChI=1S/C33H5F4N9/c1-42-22-9-20(34)16(8-21(22)35)29-28(24(13-41)44-3)18-7-17-26(31(36)30(18)32(29)45-4)19(11-39)25(27(17)23(12-40)43-2)15-6-5-14(10-38)46-33(15)37/h5-9H/b27-23+,28-24-. The molecule has 2 aliphatic carbocycles. The Bertz CT molecular complexity index is 2460. The van der Waals surface area contributed by atoms with Gasteiger partial charge in [0.2, 0.25) is 17.3 Å². The summed E-state index contributed by atoms with van der Waals surface area (Å²) in [6.45, 7) is 30.0. The van der Waals surface area contributed by atoms with Crippen molar-refractivity contribution in [2.24, 2.45) is 0 Å². The molecule has 0 atom stereocenters. The number of allylic oxidation sites excluding steroid dienone is 7. The fourth-order valence-corrected chi connectivity index (χ4v) is 5.30. The molecule has 0 saturated heterocycles. The van der Waals surface area contributed by atoms with Crippen LogP contribution in [0, 0.1) is 95.0 Å². The van der Waals surface area contributed by atoms with Gasteiger partial charge in [-0.25, -0.2) is 48.1 Å². The molecule has 1 aromatic heterocycles. The number of rotatable bonds is 2. The summed E-state index contributed by atoms with van der Waals surface area (Å²) in [5.74, 6) is -5.05. The van der Waals surface area contributed by atoms with E-state index in [1.54, 1.807) is 24.3 Å². The molecule has 9 nitrogen and oxygen atoms in total. The van der Waals surface area contributed by atoms with E-state index in [-0.39, 0.29) is 16.8 Å². The average molecular weight is 603 g/mol. The first kappa shape index (κ1) is 29.7. The third-order valence-electron chi connectivity index (χ3n) is 7.07. The van der Waals surface area contributed by atoms with Gasteiger partial charge in [-0.15, -0.1) is 0 Å². The predicted molar refractivity (Wildman–Crippen MR) is 152 cm³/mol. The average Bonchev–Trinajstić information content (AvgIpc) is 3.56. The Hall–Kier alpha value is -7.81. The molecule has 0 bridgehead atoms. The van der Waals surface area contributed by atoms with Crippen LogP contribution in [-0.2, 0) is 0 Å². The Labute approximate surface area is 256 Å². The van der Waals surface area contributed by atoms with Gasteiger partial charge in [0.15, 0.2) is 0 Å². The van der Waals surface area contributed by atoms with E-state index >= 15 is 13.2 Å². The summed E-state index contributed by atoms with van der Waals surface area (Å²) in [6, 6.07) is 10.9. The van der Waals surface area contributed by atoms with Crippen LogP contribution in [0.25, 0.3) is 52.9 Å². The molecule has 1 heterocycles. The molecule has 210 valence electrons. The van der Waals surface area contributed by atoms with Crippen molar-refractivity contribution < 1.29 is 17.6 Å². The second-order valence-electron chi connectivity index (χ2n) is 9.17. The lowest BCUT2D eigenvalue weighted by Crippen LogP contribution is -2.00. The quantitative estimate of drug-likeness (QED) is 0.129. The zero-order valence-electron chi connectivity index (χ0n) is 22.4. The molecule has 46 heavy (non-hydrogen) atoms. The molecule has 0 amide bonds. The van der Waals surface area contributed by atoms with E-state index in [0.717, 1.165) is 18.2 Å². The molecular weight excluding hydrogens is 598 g/mol. The normalized spacial score (nSPS) is 14.7. The molecule has 0 spiro atoms. The lowest BCUT2D eigenvalue weighted by molar-refractivity contribution is 0.579. The molecule has 0 radical (unpaired) electrons. The van der Waals surface area contributed by atoms with Crippen molar-refractivity contribution in [1.82, 2.24) is 4.98 Å². The maximum atomic E-state index is 16.8. The van der Waals surface area contributed by atoms with E-state index in [1.165, 1.54) is 0 Å².